The van der Waals surface area contributed by atoms with Gasteiger partial charge in [0.2, 0.25) is 0 Å². The molecule has 1 saturated heterocycles. The fourth-order valence-electron chi connectivity index (χ4n) is 4.49. The summed E-state index contributed by atoms with van der Waals surface area (Å²) in [6.45, 7) is 6.54. The number of carbonyl (C=O) groups is 2. The molecule has 5 rings (SSSR count). The van der Waals surface area contributed by atoms with Crippen LogP contribution in [0, 0.1) is 19.7 Å². The van der Waals surface area contributed by atoms with E-state index in [-0.39, 0.29) is 23.7 Å². The number of hydrogen-bond acceptors (Lipinski definition) is 5. The fraction of sp³-hybridized carbons (Fsp3) is 0.296. The molecule has 0 bridgehead atoms. The number of urea groups is 1. The predicted octanol–water partition coefficient (Wildman–Crippen LogP) is 4.11. The maximum absolute atomic E-state index is 13.8. The van der Waals surface area contributed by atoms with Gasteiger partial charge >= 0.3 is 6.03 Å². The summed E-state index contributed by atoms with van der Waals surface area (Å²) in [5.74, 6) is 0.427. The van der Waals surface area contributed by atoms with Gasteiger partial charge in [-0.25, -0.2) is 9.18 Å². The molecule has 3 heterocycles. The molecule has 1 fully saturated rings. The summed E-state index contributed by atoms with van der Waals surface area (Å²) in [5, 5.41) is 6.56. The summed E-state index contributed by atoms with van der Waals surface area (Å²) >= 11 is 0. The van der Waals surface area contributed by atoms with E-state index in [1.165, 1.54) is 12.1 Å². The number of halogens is 1. The maximum atomic E-state index is 13.8. The highest BCUT2D eigenvalue weighted by Crippen LogP contribution is 2.26. The van der Waals surface area contributed by atoms with Crippen LogP contribution in [0.1, 0.15) is 21.7 Å². The number of amides is 3. The van der Waals surface area contributed by atoms with Crippen molar-refractivity contribution in [2.75, 3.05) is 38.0 Å². The third-order valence-electron chi connectivity index (χ3n) is 6.55. The Labute approximate surface area is 208 Å². The third-order valence-corrected chi connectivity index (χ3v) is 6.55. The van der Waals surface area contributed by atoms with E-state index in [4.69, 9.17) is 4.42 Å². The number of dihydropyridines is 1. The van der Waals surface area contributed by atoms with E-state index in [1.807, 2.05) is 44.2 Å². The number of hydrogen-bond donors (Lipinski definition) is 2. The topological polar surface area (TPSA) is 90.2 Å². The van der Waals surface area contributed by atoms with Crippen LogP contribution in [-0.4, -0.2) is 66.3 Å². The Morgan fingerprint density at radius 3 is 2.58 bits per heavy atom. The molecule has 3 aromatic rings. The molecule has 36 heavy (non-hydrogen) atoms. The van der Waals surface area contributed by atoms with Gasteiger partial charge in [-0.1, -0.05) is 29.8 Å². The third kappa shape index (κ3) is 4.82. The fourth-order valence-corrected chi connectivity index (χ4v) is 4.49. The number of benzene rings is 2. The number of fused-ring (bicyclic) bond motifs is 1. The highest BCUT2D eigenvalue weighted by Gasteiger charge is 2.25. The summed E-state index contributed by atoms with van der Waals surface area (Å²) in [4.78, 5) is 33.8. The normalized spacial score (nSPS) is 17.8. The predicted molar refractivity (Wildman–Crippen MR) is 137 cm³/mol. The minimum Gasteiger partial charge on any atom is -0.451 e. The second kappa shape index (κ2) is 9.85. The van der Waals surface area contributed by atoms with Crippen molar-refractivity contribution in [1.82, 2.24) is 15.1 Å². The highest BCUT2D eigenvalue weighted by atomic mass is 19.1. The van der Waals surface area contributed by atoms with Gasteiger partial charge in [-0.05, 0) is 44.2 Å². The molecular formula is C27H28FN5O3. The minimum atomic E-state index is -0.460. The Balaban J connectivity index is 1.13. The quantitative estimate of drug-likeness (QED) is 0.580. The molecule has 0 aliphatic carbocycles. The first-order valence-electron chi connectivity index (χ1n) is 12.0. The number of rotatable bonds is 3. The van der Waals surface area contributed by atoms with Gasteiger partial charge in [0.1, 0.15) is 17.2 Å². The number of aryl methyl sites for hydroxylation is 2. The number of furan rings is 1. The molecule has 1 unspecified atom stereocenters. The van der Waals surface area contributed by atoms with E-state index >= 15 is 0 Å². The van der Waals surface area contributed by atoms with Crippen LogP contribution >= 0.6 is 0 Å². The average Bonchev–Trinajstić information content (AvgIpc) is 3.21. The van der Waals surface area contributed by atoms with Crippen LogP contribution < -0.4 is 10.6 Å². The molecular weight excluding hydrogens is 461 g/mol. The van der Waals surface area contributed by atoms with Gasteiger partial charge < -0.3 is 24.9 Å². The maximum Gasteiger partial charge on any atom is 0.322 e. The van der Waals surface area contributed by atoms with E-state index in [0.717, 1.165) is 22.3 Å². The van der Waals surface area contributed by atoms with Gasteiger partial charge in [-0.2, -0.15) is 0 Å². The molecule has 0 spiro atoms. The monoisotopic (exact) mass is 489 g/mol. The summed E-state index contributed by atoms with van der Waals surface area (Å²) in [6.07, 6.45) is 3.83. The largest absolute Gasteiger partial charge is 0.451 e. The van der Waals surface area contributed by atoms with Gasteiger partial charge in [0.05, 0.1) is 18.3 Å². The lowest BCUT2D eigenvalue weighted by Crippen LogP contribution is -2.52. The highest BCUT2D eigenvalue weighted by molar-refractivity contribution is 6.00. The second-order valence-corrected chi connectivity index (χ2v) is 9.08. The van der Waals surface area contributed by atoms with Crippen LogP contribution in [0.25, 0.3) is 11.0 Å². The summed E-state index contributed by atoms with van der Waals surface area (Å²) in [6, 6.07) is 11.4. The number of piperazine rings is 1. The zero-order chi connectivity index (χ0) is 25.2. The Morgan fingerprint density at radius 2 is 1.86 bits per heavy atom. The summed E-state index contributed by atoms with van der Waals surface area (Å²) < 4.78 is 19.6. The van der Waals surface area contributed by atoms with Crippen molar-refractivity contribution in [1.29, 1.82) is 0 Å². The molecule has 2 N–H and O–H groups in total. The molecule has 0 saturated carbocycles. The van der Waals surface area contributed by atoms with Crippen LogP contribution in [0.5, 0.6) is 0 Å². The van der Waals surface area contributed by atoms with Crippen LogP contribution in [0.4, 0.5) is 14.9 Å². The molecule has 0 radical (unpaired) electrons. The van der Waals surface area contributed by atoms with Crippen LogP contribution in [0.2, 0.25) is 0 Å². The molecule has 8 nitrogen and oxygen atoms in total. The Bertz CT molecular complexity index is 1370. The van der Waals surface area contributed by atoms with E-state index in [2.05, 4.69) is 20.5 Å². The number of amidine groups is 1. The Hall–Kier alpha value is -4.14. The minimum absolute atomic E-state index is 0.172. The first-order chi connectivity index (χ1) is 17.4. The van der Waals surface area contributed by atoms with E-state index in [0.29, 0.717) is 44.1 Å². The van der Waals surface area contributed by atoms with Gasteiger partial charge in [0, 0.05) is 37.1 Å². The van der Waals surface area contributed by atoms with Crippen LogP contribution in [0.15, 0.2) is 64.0 Å². The molecule has 2 aliphatic rings. The van der Waals surface area contributed by atoms with Gasteiger partial charge in [-0.15, -0.1) is 0 Å². The SMILES string of the molecule is Cc1ccc2oc(C(=O)NC3C=CC(N4CCN(C(=O)Nc5ccccc5F)CC4)=NC3)c(C)c2c1. The van der Waals surface area contributed by atoms with Gasteiger partial charge in [0.25, 0.3) is 5.91 Å². The van der Waals surface area contributed by atoms with Gasteiger partial charge in [-0.3, -0.25) is 9.79 Å². The van der Waals surface area contributed by atoms with Crippen molar-refractivity contribution in [2.24, 2.45) is 4.99 Å². The van der Waals surface area contributed by atoms with Crippen LogP contribution in [-0.2, 0) is 0 Å². The van der Waals surface area contributed by atoms with Crippen molar-refractivity contribution in [2.45, 2.75) is 19.9 Å². The molecule has 3 amide bonds. The number of carbonyl (C=O) groups excluding carboxylic acids is 2. The average molecular weight is 490 g/mol. The number of nitrogens with one attached hydrogen (secondary N) is 2. The van der Waals surface area contributed by atoms with Crippen molar-refractivity contribution < 1.29 is 18.4 Å². The first-order valence-corrected chi connectivity index (χ1v) is 12.0. The Morgan fingerprint density at radius 1 is 1.08 bits per heavy atom. The van der Waals surface area contributed by atoms with Crippen molar-refractivity contribution in [3.8, 4) is 0 Å². The van der Waals surface area contributed by atoms with E-state index < -0.39 is 5.82 Å². The first kappa shape index (κ1) is 23.6. The van der Waals surface area contributed by atoms with E-state index in [9.17, 15) is 14.0 Å². The number of para-hydroxylation sites is 1. The van der Waals surface area contributed by atoms with Crippen LogP contribution in [0.3, 0.4) is 0 Å². The van der Waals surface area contributed by atoms with Crippen molar-refractivity contribution in [3.63, 3.8) is 0 Å². The van der Waals surface area contributed by atoms with E-state index in [1.54, 1.807) is 17.0 Å². The number of nitrogens with zero attached hydrogens (tertiary/aromatic N) is 3. The standard InChI is InChI=1S/C27H28FN5O3/c1-17-7-9-23-20(15-17)18(2)25(36-23)26(34)30-19-8-10-24(29-16-19)32-11-13-33(14-12-32)27(35)31-22-6-4-3-5-21(22)28/h3-10,15,19H,11-14,16H2,1-2H3,(H,30,34)(H,31,35). The zero-order valence-corrected chi connectivity index (χ0v) is 20.3. The smallest absolute Gasteiger partial charge is 0.322 e. The second-order valence-electron chi connectivity index (χ2n) is 9.08. The lowest BCUT2D eigenvalue weighted by Gasteiger charge is -2.36. The zero-order valence-electron chi connectivity index (χ0n) is 20.3. The Kier molecular flexibility index (Phi) is 6.45. The molecule has 1 atom stereocenters. The van der Waals surface area contributed by atoms with Crippen molar-refractivity contribution >= 4 is 34.4 Å². The van der Waals surface area contributed by atoms with Crippen molar-refractivity contribution in [3.05, 3.63) is 77.3 Å². The molecule has 2 aromatic carbocycles. The molecule has 2 aliphatic heterocycles. The molecule has 9 heteroatoms. The molecule has 186 valence electrons. The number of aliphatic imine (C=N–C) groups is 1. The lowest BCUT2D eigenvalue weighted by molar-refractivity contribution is 0.0918. The lowest BCUT2D eigenvalue weighted by atomic mass is 10.1. The summed E-state index contributed by atoms with van der Waals surface area (Å²) in [5.41, 5.74) is 2.81. The number of anilines is 1. The molecule has 1 aromatic heterocycles. The van der Waals surface area contributed by atoms with Gasteiger partial charge in [0.15, 0.2) is 5.76 Å². The summed E-state index contributed by atoms with van der Waals surface area (Å²) in [7, 11) is 0.